The Morgan fingerprint density at radius 3 is 2.68 bits per heavy atom. The molecule has 3 heterocycles. The quantitative estimate of drug-likeness (QED) is 0.698. The molecule has 8 nitrogen and oxygen atoms in total. The third-order valence-corrected chi connectivity index (χ3v) is 4.71. The zero-order chi connectivity index (χ0) is 19.7. The van der Waals surface area contributed by atoms with Crippen molar-refractivity contribution in [1.29, 1.82) is 5.26 Å². The number of nitrogens with one attached hydrogen (secondary N) is 1. The Morgan fingerprint density at radius 1 is 1.14 bits per heavy atom. The van der Waals surface area contributed by atoms with Gasteiger partial charge in [-0.25, -0.2) is 4.98 Å². The van der Waals surface area contributed by atoms with Gasteiger partial charge in [0.1, 0.15) is 5.69 Å². The van der Waals surface area contributed by atoms with Gasteiger partial charge in [-0.15, -0.1) is 0 Å². The molecule has 0 saturated heterocycles. The third-order valence-electron chi connectivity index (χ3n) is 4.71. The predicted molar refractivity (Wildman–Crippen MR) is 106 cm³/mol. The number of nitrogens with zero attached hydrogens (tertiary/aromatic N) is 6. The zero-order valence-electron chi connectivity index (χ0n) is 15.7. The summed E-state index contributed by atoms with van der Waals surface area (Å²) in [7, 11) is 0. The summed E-state index contributed by atoms with van der Waals surface area (Å²) in [5.74, 6) is 1.12. The molecule has 0 spiro atoms. The molecule has 0 aliphatic heterocycles. The van der Waals surface area contributed by atoms with Crippen LogP contribution in [0.2, 0.25) is 0 Å². The van der Waals surface area contributed by atoms with E-state index in [1.807, 2.05) is 24.3 Å². The highest BCUT2D eigenvalue weighted by Crippen LogP contribution is 2.47. The van der Waals surface area contributed by atoms with Crippen LogP contribution in [0.15, 0.2) is 36.5 Å². The minimum atomic E-state index is -0.456. The van der Waals surface area contributed by atoms with E-state index in [9.17, 15) is 5.26 Å². The Bertz CT molecular complexity index is 1070. The van der Waals surface area contributed by atoms with Crippen LogP contribution in [-0.2, 0) is 5.41 Å². The van der Waals surface area contributed by atoms with E-state index in [0.717, 1.165) is 29.9 Å². The van der Waals surface area contributed by atoms with Crippen LogP contribution in [0.3, 0.4) is 0 Å². The van der Waals surface area contributed by atoms with Crippen molar-refractivity contribution in [1.82, 2.24) is 24.9 Å². The number of anilines is 3. The Kier molecular flexibility index (Phi) is 4.35. The Labute approximate surface area is 162 Å². The molecule has 3 N–H and O–H groups in total. The van der Waals surface area contributed by atoms with Crippen LogP contribution in [0, 0.1) is 11.3 Å². The van der Waals surface area contributed by atoms with Gasteiger partial charge in [-0.1, -0.05) is 19.9 Å². The molecule has 1 fully saturated rings. The minimum absolute atomic E-state index is 0.106. The summed E-state index contributed by atoms with van der Waals surface area (Å²) in [6, 6.07) is 11.8. The lowest BCUT2D eigenvalue weighted by Gasteiger charge is -2.10. The predicted octanol–water partition coefficient (Wildman–Crippen LogP) is 3.33. The van der Waals surface area contributed by atoms with Crippen molar-refractivity contribution in [2.45, 2.75) is 38.0 Å². The first-order valence-corrected chi connectivity index (χ1v) is 9.13. The molecule has 1 saturated carbocycles. The number of nitriles is 1. The lowest BCUT2D eigenvalue weighted by Crippen LogP contribution is -2.08. The van der Waals surface area contributed by atoms with Gasteiger partial charge >= 0.3 is 0 Å². The van der Waals surface area contributed by atoms with Crippen LogP contribution in [-0.4, -0.2) is 24.9 Å². The number of rotatable bonds is 5. The van der Waals surface area contributed by atoms with Crippen molar-refractivity contribution in [3.05, 3.63) is 47.9 Å². The van der Waals surface area contributed by atoms with Gasteiger partial charge in [-0.3, -0.25) is 4.98 Å². The largest absolute Gasteiger partial charge is 0.368 e. The monoisotopic (exact) mass is 372 g/mol. The van der Waals surface area contributed by atoms with E-state index in [2.05, 4.69) is 50.2 Å². The summed E-state index contributed by atoms with van der Waals surface area (Å²) in [6.45, 7) is 4.16. The van der Waals surface area contributed by atoms with Crippen molar-refractivity contribution in [2.75, 3.05) is 11.1 Å². The summed E-state index contributed by atoms with van der Waals surface area (Å²) in [6.07, 6.45) is 3.34. The Hall–Kier alpha value is -3.60. The van der Waals surface area contributed by atoms with Gasteiger partial charge in [0, 0.05) is 17.6 Å². The first-order valence-electron chi connectivity index (χ1n) is 9.13. The molecule has 1 aliphatic carbocycles. The molecule has 0 amide bonds. The molecular formula is C20H20N8. The summed E-state index contributed by atoms with van der Waals surface area (Å²) >= 11 is 0. The molecule has 28 heavy (non-hydrogen) atoms. The molecule has 3 aromatic rings. The number of pyridine rings is 2. The molecule has 3 aromatic heterocycles. The fraction of sp³-hybridized carbons (Fsp3) is 0.300. The highest BCUT2D eigenvalue weighted by molar-refractivity contribution is 5.59. The van der Waals surface area contributed by atoms with Gasteiger partial charge in [0.25, 0.3) is 0 Å². The second kappa shape index (κ2) is 6.85. The summed E-state index contributed by atoms with van der Waals surface area (Å²) < 4.78 is 0. The zero-order valence-corrected chi connectivity index (χ0v) is 15.7. The first kappa shape index (κ1) is 17.8. The van der Waals surface area contributed by atoms with Crippen LogP contribution >= 0.6 is 0 Å². The van der Waals surface area contributed by atoms with Crippen molar-refractivity contribution < 1.29 is 0 Å². The van der Waals surface area contributed by atoms with Crippen LogP contribution in [0.5, 0.6) is 0 Å². The van der Waals surface area contributed by atoms with Crippen LogP contribution in [0.25, 0.3) is 11.5 Å². The third kappa shape index (κ3) is 3.47. The van der Waals surface area contributed by atoms with E-state index in [1.165, 1.54) is 0 Å². The average molecular weight is 372 g/mol. The van der Waals surface area contributed by atoms with Crippen LogP contribution in [0.4, 0.5) is 17.6 Å². The molecule has 140 valence electrons. The second-order valence-corrected chi connectivity index (χ2v) is 7.19. The summed E-state index contributed by atoms with van der Waals surface area (Å²) in [4.78, 5) is 21.8. The molecule has 0 aromatic carbocycles. The number of aromatic nitrogens is 5. The minimum Gasteiger partial charge on any atom is -0.368 e. The van der Waals surface area contributed by atoms with Gasteiger partial charge in [-0.2, -0.15) is 20.2 Å². The van der Waals surface area contributed by atoms with Gasteiger partial charge in [-0.05, 0) is 43.0 Å². The number of hydrogen-bond acceptors (Lipinski definition) is 8. The number of nitrogens with two attached hydrogens (primary N) is 1. The lowest BCUT2D eigenvalue weighted by atomic mass is 10.0. The topological polar surface area (TPSA) is 126 Å². The standard InChI is InChI=1S/C20H20N8/c1-12(2)14-4-3-5-15(25-14)17-26-18(22)28-19(27-17)24-13-6-9-23-16(10-13)20(11-21)7-8-20/h3-6,9-10,12H,7-8H2,1-2H3,(H3,22,23,24,26,27,28). The van der Waals surface area contributed by atoms with E-state index in [-0.39, 0.29) is 5.95 Å². The maximum atomic E-state index is 9.38. The van der Waals surface area contributed by atoms with Gasteiger partial charge in [0.15, 0.2) is 5.82 Å². The van der Waals surface area contributed by atoms with Crippen molar-refractivity contribution in [2.24, 2.45) is 0 Å². The Balaban J connectivity index is 1.64. The van der Waals surface area contributed by atoms with E-state index >= 15 is 0 Å². The van der Waals surface area contributed by atoms with Crippen molar-refractivity contribution >= 4 is 17.6 Å². The van der Waals surface area contributed by atoms with E-state index < -0.39 is 5.41 Å². The number of hydrogen-bond donors (Lipinski definition) is 2. The van der Waals surface area contributed by atoms with Gasteiger partial charge < -0.3 is 11.1 Å². The number of nitrogen functional groups attached to an aromatic ring is 1. The van der Waals surface area contributed by atoms with Gasteiger partial charge in [0.05, 0.1) is 17.2 Å². The highest BCUT2D eigenvalue weighted by atomic mass is 15.2. The van der Waals surface area contributed by atoms with Crippen LogP contribution < -0.4 is 11.1 Å². The summed E-state index contributed by atoms with van der Waals surface area (Å²) in [5.41, 5.74) is 8.53. The normalized spacial score (nSPS) is 14.5. The first-order chi connectivity index (χ1) is 13.5. The Morgan fingerprint density at radius 2 is 1.96 bits per heavy atom. The smallest absolute Gasteiger partial charge is 0.232 e. The maximum Gasteiger partial charge on any atom is 0.232 e. The van der Waals surface area contributed by atoms with E-state index in [4.69, 9.17) is 5.73 Å². The molecular weight excluding hydrogens is 352 g/mol. The van der Waals surface area contributed by atoms with E-state index in [1.54, 1.807) is 12.3 Å². The fourth-order valence-electron chi connectivity index (χ4n) is 2.91. The molecule has 0 radical (unpaired) electrons. The molecule has 0 bridgehead atoms. The molecule has 0 unspecified atom stereocenters. The molecule has 4 rings (SSSR count). The fourth-order valence-corrected chi connectivity index (χ4v) is 2.91. The van der Waals surface area contributed by atoms with E-state index in [0.29, 0.717) is 23.4 Å². The molecule has 0 atom stereocenters. The molecule has 1 aliphatic rings. The second-order valence-electron chi connectivity index (χ2n) is 7.19. The summed E-state index contributed by atoms with van der Waals surface area (Å²) in [5, 5.41) is 12.5. The van der Waals surface area contributed by atoms with Gasteiger partial charge in [0.2, 0.25) is 11.9 Å². The van der Waals surface area contributed by atoms with Crippen molar-refractivity contribution in [3.63, 3.8) is 0 Å². The molecule has 8 heteroatoms. The average Bonchev–Trinajstić information content (AvgIpc) is 3.49. The lowest BCUT2D eigenvalue weighted by molar-refractivity contribution is 0.823. The maximum absolute atomic E-state index is 9.38. The highest BCUT2D eigenvalue weighted by Gasteiger charge is 2.46. The van der Waals surface area contributed by atoms with Crippen LogP contribution in [0.1, 0.15) is 44.0 Å². The SMILES string of the molecule is CC(C)c1cccc(-c2nc(N)nc(Nc3ccnc(C4(C#N)CC4)c3)n2)n1. The van der Waals surface area contributed by atoms with Crippen molar-refractivity contribution in [3.8, 4) is 17.6 Å².